The number of hydrogen-bond acceptors (Lipinski definition) is 6. The molecule has 1 amide bonds. The summed E-state index contributed by atoms with van der Waals surface area (Å²) in [6.45, 7) is 4.88. The lowest BCUT2D eigenvalue weighted by Gasteiger charge is -2.34. The minimum Gasteiger partial charge on any atom is -0.345 e. The fourth-order valence-electron chi connectivity index (χ4n) is 3.42. The van der Waals surface area contributed by atoms with Gasteiger partial charge in [-0.1, -0.05) is 35.1 Å². The number of anilines is 1. The van der Waals surface area contributed by atoms with Crippen LogP contribution < -0.4 is 4.90 Å². The summed E-state index contributed by atoms with van der Waals surface area (Å²) >= 11 is 9.37. The van der Waals surface area contributed by atoms with Gasteiger partial charge < -0.3 is 9.80 Å². The monoisotopic (exact) mass is 428 g/mol. The van der Waals surface area contributed by atoms with Crippen LogP contribution >= 0.6 is 34.3 Å². The molecule has 0 aliphatic carbocycles. The molecule has 142 valence electrons. The number of nitrogens with zero attached hydrogens (tertiary/aromatic N) is 4. The van der Waals surface area contributed by atoms with Crippen LogP contribution in [0.5, 0.6) is 0 Å². The fourth-order valence-corrected chi connectivity index (χ4v) is 5.59. The molecular weight excluding hydrogens is 412 g/mol. The molecule has 8 heteroatoms. The zero-order valence-corrected chi connectivity index (χ0v) is 17.6. The molecule has 0 radical (unpaired) electrons. The van der Waals surface area contributed by atoms with Crippen molar-refractivity contribution in [2.24, 2.45) is 0 Å². The van der Waals surface area contributed by atoms with Gasteiger partial charge in [0.25, 0.3) is 5.91 Å². The molecule has 28 heavy (non-hydrogen) atoms. The topological polar surface area (TPSA) is 49.3 Å². The molecule has 0 N–H and O–H groups in total. The van der Waals surface area contributed by atoms with Gasteiger partial charge in [0.15, 0.2) is 10.1 Å². The molecular formula is C20H17ClN4OS2. The molecule has 0 bridgehead atoms. The van der Waals surface area contributed by atoms with E-state index in [-0.39, 0.29) is 5.91 Å². The van der Waals surface area contributed by atoms with Crippen LogP contribution in [0.3, 0.4) is 0 Å². The Kier molecular flexibility index (Phi) is 4.45. The summed E-state index contributed by atoms with van der Waals surface area (Å²) in [6.07, 6.45) is 0. The van der Waals surface area contributed by atoms with Gasteiger partial charge in [0, 0.05) is 31.2 Å². The Bertz CT molecular complexity index is 1160. The van der Waals surface area contributed by atoms with E-state index < -0.39 is 0 Å². The van der Waals surface area contributed by atoms with E-state index >= 15 is 0 Å². The van der Waals surface area contributed by atoms with Crippen molar-refractivity contribution in [3.8, 4) is 0 Å². The van der Waals surface area contributed by atoms with Crippen molar-refractivity contribution < 1.29 is 4.79 Å². The fraction of sp³-hybridized carbons (Fsp3) is 0.250. The van der Waals surface area contributed by atoms with Gasteiger partial charge in [0.05, 0.1) is 20.4 Å². The SMILES string of the molecule is Cc1c(Cl)ccc2sc(N3CCN(C(=O)c4nc5ccccc5s4)CC3)nc12. The van der Waals surface area contributed by atoms with Gasteiger partial charge >= 0.3 is 0 Å². The van der Waals surface area contributed by atoms with Crippen molar-refractivity contribution in [1.82, 2.24) is 14.9 Å². The first-order chi connectivity index (χ1) is 13.6. The Labute approximate surface area is 175 Å². The second-order valence-electron chi connectivity index (χ2n) is 6.78. The van der Waals surface area contributed by atoms with E-state index in [1.807, 2.05) is 48.2 Å². The summed E-state index contributed by atoms with van der Waals surface area (Å²) in [5.74, 6) is 0.0211. The quantitative estimate of drug-likeness (QED) is 0.458. The van der Waals surface area contributed by atoms with Gasteiger partial charge in [-0.15, -0.1) is 11.3 Å². The van der Waals surface area contributed by atoms with Crippen molar-refractivity contribution in [3.63, 3.8) is 0 Å². The Hall–Kier alpha value is -2.22. The first kappa shape index (κ1) is 17.8. The normalized spacial score (nSPS) is 14.9. The molecule has 1 aliphatic rings. The van der Waals surface area contributed by atoms with Crippen LogP contribution in [-0.2, 0) is 0 Å². The third-order valence-electron chi connectivity index (χ3n) is 5.05. The van der Waals surface area contributed by atoms with Gasteiger partial charge in [-0.25, -0.2) is 9.97 Å². The van der Waals surface area contributed by atoms with Crippen LogP contribution in [0.25, 0.3) is 20.4 Å². The molecule has 5 nitrogen and oxygen atoms in total. The van der Waals surface area contributed by atoms with Crippen LogP contribution in [0.2, 0.25) is 5.02 Å². The number of rotatable bonds is 2. The lowest BCUT2D eigenvalue weighted by molar-refractivity contribution is 0.0746. The predicted molar refractivity (Wildman–Crippen MR) is 117 cm³/mol. The molecule has 4 aromatic rings. The minimum atomic E-state index is 0.0211. The summed E-state index contributed by atoms with van der Waals surface area (Å²) in [6, 6.07) is 11.8. The largest absolute Gasteiger partial charge is 0.345 e. The minimum absolute atomic E-state index is 0.0211. The van der Waals surface area contributed by atoms with Gasteiger partial charge in [-0.2, -0.15) is 0 Å². The Morgan fingerprint density at radius 2 is 1.79 bits per heavy atom. The van der Waals surface area contributed by atoms with Crippen LogP contribution in [0.4, 0.5) is 5.13 Å². The van der Waals surface area contributed by atoms with Crippen molar-refractivity contribution in [2.45, 2.75) is 6.92 Å². The summed E-state index contributed by atoms with van der Waals surface area (Å²) in [5.41, 5.74) is 2.88. The third kappa shape index (κ3) is 3.03. The van der Waals surface area contributed by atoms with E-state index in [2.05, 4.69) is 9.88 Å². The number of aromatic nitrogens is 2. The summed E-state index contributed by atoms with van der Waals surface area (Å²) < 4.78 is 2.19. The lowest BCUT2D eigenvalue weighted by Crippen LogP contribution is -2.48. The van der Waals surface area contributed by atoms with Crippen LogP contribution in [-0.4, -0.2) is 47.0 Å². The smallest absolute Gasteiger partial charge is 0.282 e. The number of carbonyl (C=O) groups excluding carboxylic acids is 1. The molecule has 0 spiro atoms. The maximum atomic E-state index is 12.9. The van der Waals surface area contributed by atoms with Gasteiger partial charge in [0.2, 0.25) is 0 Å². The number of amides is 1. The van der Waals surface area contributed by atoms with Crippen LogP contribution in [0.1, 0.15) is 15.4 Å². The first-order valence-electron chi connectivity index (χ1n) is 9.05. The number of aryl methyl sites for hydroxylation is 1. The highest BCUT2D eigenvalue weighted by atomic mass is 35.5. The maximum absolute atomic E-state index is 12.9. The number of carbonyl (C=O) groups is 1. The highest BCUT2D eigenvalue weighted by Gasteiger charge is 2.26. The first-order valence-corrected chi connectivity index (χ1v) is 11.1. The highest BCUT2D eigenvalue weighted by molar-refractivity contribution is 7.22. The van der Waals surface area contributed by atoms with Gasteiger partial charge in [-0.05, 0) is 36.8 Å². The Morgan fingerprint density at radius 3 is 2.57 bits per heavy atom. The number of hydrogen-bond donors (Lipinski definition) is 0. The molecule has 0 atom stereocenters. The highest BCUT2D eigenvalue weighted by Crippen LogP contribution is 2.34. The number of benzene rings is 2. The van der Waals surface area contributed by atoms with Gasteiger partial charge in [0.1, 0.15) is 0 Å². The van der Waals surface area contributed by atoms with E-state index in [0.29, 0.717) is 18.1 Å². The molecule has 2 aromatic carbocycles. The number of fused-ring (bicyclic) bond motifs is 2. The van der Waals surface area contributed by atoms with E-state index in [0.717, 1.165) is 49.2 Å². The third-order valence-corrected chi connectivity index (χ3v) is 7.57. The second-order valence-corrected chi connectivity index (χ2v) is 9.23. The van der Waals surface area contributed by atoms with Gasteiger partial charge in [-0.3, -0.25) is 4.79 Å². The van der Waals surface area contributed by atoms with E-state index in [1.165, 1.54) is 11.3 Å². The summed E-state index contributed by atoms with van der Waals surface area (Å²) in [7, 11) is 0. The van der Waals surface area contributed by atoms with Crippen molar-refractivity contribution in [1.29, 1.82) is 0 Å². The molecule has 2 aromatic heterocycles. The zero-order chi connectivity index (χ0) is 19.3. The molecule has 1 saturated heterocycles. The second kappa shape index (κ2) is 6.99. The molecule has 1 aliphatic heterocycles. The number of halogens is 1. The van der Waals surface area contributed by atoms with Crippen LogP contribution in [0.15, 0.2) is 36.4 Å². The average Bonchev–Trinajstić information content (AvgIpc) is 3.35. The summed E-state index contributed by atoms with van der Waals surface area (Å²) in [5, 5.41) is 2.31. The molecule has 5 rings (SSSR count). The Balaban J connectivity index is 1.32. The Morgan fingerprint density at radius 1 is 1.00 bits per heavy atom. The summed E-state index contributed by atoms with van der Waals surface area (Å²) in [4.78, 5) is 26.3. The number of piperazine rings is 1. The van der Waals surface area contributed by atoms with E-state index in [1.54, 1.807) is 11.3 Å². The molecule has 1 fully saturated rings. The number of para-hydroxylation sites is 1. The van der Waals surface area contributed by atoms with Crippen molar-refractivity contribution >= 4 is 65.7 Å². The predicted octanol–water partition coefficient (Wildman–Crippen LogP) is 4.83. The molecule has 0 unspecified atom stereocenters. The average molecular weight is 429 g/mol. The standard InChI is InChI=1S/C20H17ClN4OS2/c1-12-13(21)6-7-16-17(12)23-20(28-16)25-10-8-24(9-11-25)19(26)18-22-14-4-2-3-5-15(14)27-18/h2-7H,8-11H2,1H3. The van der Waals surface area contributed by atoms with E-state index in [9.17, 15) is 4.79 Å². The van der Waals surface area contributed by atoms with Crippen molar-refractivity contribution in [2.75, 3.05) is 31.1 Å². The van der Waals surface area contributed by atoms with E-state index in [4.69, 9.17) is 16.6 Å². The van der Waals surface area contributed by atoms with Crippen molar-refractivity contribution in [3.05, 3.63) is 52.0 Å². The number of thiazole rings is 2. The lowest BCUT2D eigenvalue weighted by atomic mass is 10.2. The zero-order valence-electron chi connectivity index (χ0n) is 15.2. The molecule has 0 saturated carbocycles. The van der Waals surface area contributed by atoms with Crippen LogP contribution in [0, 0.1) is 6.92 Å². The maximum Gasteiger partial charge on any atom is 0.282 e. The molecule has 3 heterocycles.